The lowest BCUT2D eigenvalue weighted by atomic mass is 10.2. The predicted molar refractivity (Wildman–Crippen MR) is 71.1 cm³/mol. The molecule has 110 valence electrons. The van der Waals surface area contributed by atoms with Crippen molar-refractivity contribution in [1.29, 1.82) is 0 Å². The SMILES string of the molecule is CCN(C(=O)N[C@H](CCO)C(=O)O)c1ccc(F)cc1. The Labute approximate surface area is 115 Å². The Bertz CT molecular complexity index is 464. The number of urea groups is 1. The van der Waals surface area contributed by atoms with E-state index in [-0.39, 0.29) is 13.0 Å². The molecule has 0 radical (unpaired) electrons. The summed E-state index contributed by atoms with van der Waals surface area (Å²) in [6.45, 7) is 1.66. The molecule has 0 heterocycles. The van der Waals surface area contributed by atoms with E-state index in [0.717, 1.165) is 0 Å². The summed E-state index contributed by atoms with van der Waals surface area (Å²) in [7, 11) is 0. The molecule has 0 spiro atoms. The maximum Gasteiger partial charge on any atom is 0.326 e. The molecule has 0 saturated carbocycles. The lowest BCUT2D eigenvalue weighted by molar-refractivity contribution is -0.139. The van der Waals surface area contributed by atoms with Crippen molar-refractivity contribution in [3.63, 3.8) is 0 Å². The predicted octanol–water partition coefficient (Wildman–Crippen LogP) is 1.20. The fourth-order valence-electron chi connectivity index (χ4n) is 1.68. The van der Waals surface area contributed by atoms with Gasteiger partial charge in [-0.1, -0.05) is 0 Å². The van der Waals surface area contributed by atoms with E-state index in [1.165, 1.54) is 29.2 Å². The van der Waals surface area contributed by atoms with Gasteiger partial charge in [0.25, 0.3) is 0 Å². The first-order chi connectivity index (χ1) is 9.49. The first-order valence-electron chi connectivity index (χ1n) is 6.16. The Hall–Kier alpha value is -2.15. The monoisotopic (exact) mass is 284 g/mol. The highest BCUT2D eigenvalue weighted by Crippen LogP contribution is 2.15. The minimum atomic E-state index is -1.22. The van der Waals surface area contributed by atoms with Crippen LogP contribution in [0.5, 0.6) is 0 Å². The van der Waals surface area contributed by atoms with Gasteiger partial charge in [-0.15, -0.1) is 0 Å². The normalized spacial score (nSPS) is 11.8. The minimum Gasteiger partial charge on any atom is -0.480 e. The topological polar surface area (TPSA) is 89.9 Å². The molecular weight excluding hydrogens is 267 g/mol. The van der Waals surface area contributed by atoms with Crippen LogP contribution >= 0.6 is 0 Å². The molecule has 20 heavy (non-hydrogen) atoms. The lowest BCUT2D eigenvalue weighted by Crippen LogP contribution is -2.48. The molecule has 3 N–H and O–H groups in total. The standard InChI is InChI=1S/C13H17FN2O4/c1-2-16(10-5-3-9(14)4-6-10)13(20)15-11(7-8-17)12(18)19/h3-6,11,17H,2,7-8H2,1H3,(H,15,20)(H,18,19)/t11-/m1/s1. The summed E-state index contributed by atoms with van der Waals surface area (Å²) in [5, 5.41) is 20.0. The number of nitrogens with zero attached hydrogens (tertiary/aromatic N) is 1. The van der Waals surface area contributed by atoms with Gasteiger partial charge in [-0.2, -0.15) is 0 Å². The Morgan fingerprint density at radius 3 is 2.40 bits per heavy atom. The number of carbonyl (C=O) groups excluding carboxylic acids is 1. The first-order valence-corrected chi connectivity index (χ1v) is 6.16. The van der Waals surface area contributed by atoms with E-state index in [9.17, 15) is 14.0 Å². The van der Waals surface area contributed by atoms with E-state index in [4.69, 9.17) is 10.2 Å². The van der Waals surface area contributed by atoms with Gasteiger partial charge in [0.1, 0.15) is 11.9 Å². The van der Waals surface area contributed by atoms with Crippen molar-refractivity contribution >= 4 is 17.7 Å². The largest absolute Gasteiger partial charge is 0.480 e. The Morgan fingerprint density at radius 1 is 1.35 bits per heavy atom. The van der Waals surface area contributed by atoms with Gasteiger partial charge in [-0.25, -0.2) is 14.0 Å². The second-order valence-electron chi connectivity index (χ2n) is 4.07. The number of carboxylic acids is 1. The molecule has 7 heteroatoms. The number of nitrogens with one attached hydrogen (secondary N) is 1. The van der Waals surface area contributed by atoms with Gasteiger partial charge in [-0.3, -0.25) is 4.90 Å². The number of rotatable bonds is 6. The van der Waals surface area contributed by atoms with Gasteiger partial charge >= 0.3 is 12.0 Å². The molecule has 0 bridgehead atoms. The van der Waals surface area contributed by atoms with E-state index in [1.54, 1.807) is 6.92 Å². The van der Waals surface area contributed by atoms with Crippen LogP contribution in [0.1, 0.15) is 13.3 Å². The number of aliphatic carboxylic acids is 1. The zero-order chi connectivity index (χ0) is 15.1. The quantitative estimate of drug-likeness (QED) is 0.732. The van der Waals surface area contributed by atoms with Gasteiger partial charge in [0, 0.05) is 25.3 Å². The summed E-state index contributed by atoms with van der Waals surface area (Å²) in [4.78, 5) is 24.2. The van der Waals surface area contributed by atoms with Crippen LogP contribution in [0.4, 0.5) is 14.9 Å². The second kappa shape index (κ2) is 7.44. The molecule has 2 amide bonds. The van der Waals surface area contributed by atoms with Crippen molar-refractivity contribution in [2.24, 2.45) is 0 Å². The third kappa shape index (κ3) is 4.20. The third-order valence-electron chi connectivity index (χ3n) is 2.71. The number of amides is 2. The Morgan fingerprint density at radius 2 is 1.95 bits per heavy atom. The van der Waals surface area contributed by atoms with E-state index >= 15 is 0 Å². The number of hydrogen-bond acceptors (Lipinski definition) is 3. The number of carboxylic acid groups (broad SMARTS) is 1. The molecule has 0 saturated heterocycles. The van der Waals surface area contributed by atoms with Crippen molar-refractivity contribution in [2.75, 3.05) is 18.1 Å². The van der Waals surface area contributed by atoms with Crippen LogP contribution < -0.4 is 10.2 Å². The highest BCUT2D eigenvalue weighted by atomic mass is 19.1. The van der Waals surface area contributed by atoms with Crippen LogP contribution in [-0.2, 0) is 4.79 Å². The summed E-state index contributed by atoms with van der Waals surface area (Å²) >= 11 is 0. The van der Waals surface area contributed by atoms with Gasteiger partial charge in [-0.05, 0) is 31.2 Å². The highest BCUT2D eigenvalue weighted by molar-refractivity contribution is 5.94. The molecule has 0 aromatic heterocycles. The smallest absolute Gasteiger partial charge is 0.326 e. The van der Waals surface area contributed by atoms with Crippen LogP contribution in [0.2, 0.25) is 0 Å². The maximum atomic E-state index is 12.8. The number of aliphatic hydroxyl groups is 1. The minimum absolute atomic E-state index is 0.0813. The number of carbonyl (C=O) groups is 2. The summed E-state index contributed by atoms with van der Waals surface area (Å²) < 4.78 is 12.8. The molecule has 0 aliphatic carbocycles. The van der Waals surface area contributed by atoms with Crippen molar-refractivity contribution in [3.8, 4) is 0 Å². The van der Waals surface area contributed by atoms with Crippen LogP contribution in [0, 0.1) is 5.82 Å². The average molecular weight is 284 g/mol. The van der Waals surface area contributed by atoms with Crippen molar-refractivity contribution in [1.82, 2.24) is 5.32 Å². The number of aliphatic hydroxyl groups excluding tert-OH is 1. The van der Waals surface area contributed by atoms with Gasteiger partial charge in [0.15, 0.2) is 0 Å². The van der Waals surface area contributed by atoms with Crippen molar-refractivity contribution in [2.45, 2.75) is 19.4 Å². The summed E-state index contributed by atoms with van der Waals surface area (Å²) in [6, 6.07) is 3.52. The highest BCUT2D eigenvalue weighted by Gasteiger charge is 2.22. The van der Waals surface area contributed by atoms with Crippen LogP contribution in [0.3, 0.4) is 0 Å². The Kier molecular flexibility index (Phi) is 5.92. The molecule has 1 aromatic rings. The van der Waals surface area contributed by atoms with E-state index < -0.39 is 23.9 Å². The number of anilines is 1. The number of benzene rings is 1. The van der Waals surface area contributed by atoms with E-state index in [2.05, 4.69) is 5.32 Å². The van der Waals surface area contributed by atoms with Crippen molar-refractivity contribution < 1.29 is 24.2 Å². The third-order valence-corrected chi connectivity index (χ3v) is 2.71. The maximum absolute atomic E-state index is 12.8. The molecule has 0 aliphatic heterocycles. The molecular formula is C13H17FN2O4. The van der Waals surface area contributed by atoms with Gasteiger partial charge in [0.05, 0.1) is 0 Å². The summed E-state index contributed by atoms with van der Waals surface area (Å²) in [6.07, 6.45) is -0.0813. The fraction of sp³-hybridized carbons (Fsp3) is 0.385. The number of hydrogen-bond donors (Lipinski definition) is 3. The summed E-state index contributed by atoms with van der Waals surface area (Å²) in [5.74, 6) is -1.64. The lowest BCUT2D eigenvalue weighted by Gasteiger charge is -2.23. The van der Waals surface area contributed by atoms with E-state index in [0.29, 0.717) is 12.2 Å². The van der Waals surface area contributed by atoms with Crippen LogP contribution in [-0.4, -0.2) is 41.4 Å². The second-order valence-corrected chi connectivity index (χ2v) is 4.07. The molecule has 1 aromatic carbocycles. The zero-order valence-electron chi connectivity index (χ0n) is 11.0. The molecule has 0 unspecified atom stereocenters. The molecule has 0 fully saturated rings. The average Bonchev–Trinajstić information content (AvgIpc) is 2.41. The molecule has 0 aliphatic rings. The Balaban J connectivity index is 2.81. The van der Waals surface area contributed by atoms with Crippen LogP contribution in [0.25, 0.3) is 0 Å². The van der Waals surface area contributed by atoms with Gasteiger partial charge in [0.2, 0.25) is 0 Å². The van der Waals surface area contributed by atoms with Crippen LogP contribution in [0.15, 0.2) is 24.3 Å². The van der Waals surface area contributed by atoms with Gasteiger partial charge < -0.3 is 15.5 Å². The van der Waals surface area contributed by atoms with E-state index in [1.807, 2.05) is 0 Å². The molecule has 6 nitrogen and oxygen atoms in total. The summed E-state index contributed by atoms with van der Waals surface area (Å²) in [5.41, 5.74) is 0.458. The molecule has 1 rings (SSSR count). The first kappa shape index (κ1) is 15.9. The molecule has 1 atom stereocenters. The van der Waals surface area contributed by atoms with Crippen molar-refractivity contribution in [3.05, 3.63) is 30.1 Å². The fourth-order valence-corrected chi connectivity index (χ4v) is 1.68. The number of halogens is 1. The zero-order valence-corrected chi connectivity index (χ0v) is 11.0.